The Hall–Kier alpha value is -2.11. The molecular formula is C19H20ClN3O3S. The van der Waals surface area contributed by atoms with Crippen LogP contribution < -0.4 is 4.74 Å². The van der Waals surface area contributed by atoms with Gasteiger partial charge in [-0.15, -0.1) is 0 Å². The molecule has 142 valence electrons. The Bertz CT molecular complexity index is 947. The molecule has 0 N–H and O–H groups in total. The first-order chi connectivity index (χ1) is 12.9. The summed E-state index contributed by atoms with van der Waals surface area (Å²) in [5, 5.41) is 9.50. The Morgan fingerprint density at radius 3 is 2.37 bits per heavy atom. The molecule has 27 heavy (non-hydrogen) atoms. The van der Waals surface area contributed by atoms with Gasteiger partial charge in [0.1, 0.15) is 5.75 Å². The number of nitriles is 1. The molecule has 0 bridgehead atoms. The van der Waals surface area contributed by atoms with Crippen molar-refractivity contribution in [3.8, 4) is 11.8 Å². The van der Waals surface area contributed by atoms with Gasteiger partial charge in [-0.2, -0.15) is 9.57 Å². The molecule has 0 spiro atoms. The number of hydrogen-bond acceptors (Lipinski definition) is 5. The van der Waals surface area contributed by atoms with Crippen molar-refractivity contribution in [3.05, 3.63) is 58.6 Å². The Kier molecular flexibility index (Phi) is 6.02. The fourth-order valence-electron chi connectivity index (χ4n) is 3.09. The molecule has 0 aromatic heterocycles. The van der Waals surface area contributed by atoms with E-state index in [9.17, 15) is 8.42 Å². The highest BCUT2D eigenvalue weighted by Crippen LogP contribution is 2.25. The molecule has 0 saturated carbocycles. The summed E-state index contributed by atoms with van der Waals surface area (Å²) in [5.74, 6) is 0.770. The fraction of sp³-hybridized carbons (Fsp3) is 0.316. The van der Waals surface area contributed by atoms with E-state index in [1.54, 1.807) is 13.2 Å². The minimum Gasteiger partial charge on any atom is -0.496 e. The standard InChI is InChI=1S/C19H20ClN3O3S/c1-26-19-7-4-17(20)12-16(19)14-22-8-10-23(11-9-22)27(24,25)18-5-2-15(13-21)3-6-18/h2-7,12H,8-11,14H2,1H3. The lowest BCUT2D eigenvalue weighted by Gasteiger charge is -2.34. The van der Waals surface area contributed by atoms with Crippen LogP contribution in [-0.4, -0.2) is 50.9 Å². The van der Waals surface area contributed by atoms with Crippen molar-refractivity contribution >= 4 is 21.6 Å². The Morgan fingerprint density at radius 1 is 1.11 bits per heavy atom. The molecule has 1 aliphatic rings. The van der Waals surface area contributed by atoms with Crippen LogP contribution in [0.25, 0.3) is 0 Å². The second kappa shape index (κ2) is 8.28. The topological polar surface area (TPSA) is 73.6 Å². The number of rotatable bonds is 5. The number of benzene rings is 2. The maximum absolute atomic E-state index is 12.8. The van der Waals surface area contributed by atoms with E-state index in [1.807, 2.05) is 18.2 Å². The van der Waals surface area contributed by atoms with Crippen LogP contribution in [0.1, 0.15) is 11.1 Å². The van der Waals surface area contributed by atoms with Gasteiger partial charge in [-0.05, 0) is 42.5 Å². The van der Waals surface area contributed by atoms with Crippen LogP contribution >= 0.6 is 11.6 Å². The molecule has 2 aromatic rings. The minimum absolute atomic E-state index is 0.214. The van der Waals surface area contributed by atoms with Gasteiger partial charge in [0, 0.05) is 43.3 Å². The van der Waals surface area contributed by atoms with Crippen molar-refractivity contribution < 1.29 is 13.2 Å². The van der Waals surface area contributed by atoms with E-state index in [0.29, 0.717) is 43.3 Å². The summed E-state index contributed by atoms with van der Waals surface area (Å²) < 4.78 is 32.4. The zero-order valence-electron chi connectivity index (χ0n) is 14.9. The zero-order chi connectivity index (χ0) is 19.4. The first-order valence-corrected chi connectivity index (χ1v) is 10.3. The fourth-order valence-corrected chi connectivity index (χ4v) is 4.71. The van der Waals surface area contributed by atoms with E-state index in [0.717, 1.165) is 11.3 Å². The second-order valence-corrected chi connectivity index (χ2v) is 8.65. The zero-order valence-corrected chi connectivity index (χ0v) is 16.5. The quantitative estimate of drug-likeness (QED) is 0.764. The van der Waals surface area contributed by atoms with Gasteiger partial charge in [-0.25, -0.2) is 8.42 Å². The molecule has 1 heterocycles. The van der Waals surface area contributed by atoms with Crippen LogP contribution in [0.2, 0.25) is 5.02 Å². The SMILES string of the molecule is COc1ccc(Cl)cc1CN1CCN(S(=O)(=O)c2ccc(C#N)cc2)CC1. The van der Waals surface area contributed by atoms with Gasteiger partial charge in [0.25, 0.3) is 0 Å². The lowest BCUT2D eigenvalue weighted by Crippen LogP contribution is -2.48. The summed E-state index contributed by atoms with van der Waals surface area (Å²) in [6, 6.07) is 13.5. The number of methoxy groups -OCH3 is 1. The van der Waals surface area contributed by atoms with Crippen LogP contribution in [0.3, 0.4) is 0 Å². The molecule has 2 aromatic carbocycles. The second-order valence-electron chi connectivity index (χ2n) is 6.27. The molecule has 0 unspecified atom stereocenters. The van der Waals surface area contributed by atoms with Gasteiger partial charge < -0.3 is 4.74 Å². The molecule has 3 rings (SSSR count). The monoisotopic (exact) mass is 405 g/mol. The summed E-state index contributed by atoms with van der Waals surface area (Å²) in [6.07, 6.45) is 0. The van der Waals surface area contributed by atoms with Gasteiger partial charge in [0.05, 0.1) is 23.6 Å². The first-order valence-electron chi connectivity index (χ1n) is 8.49. The van der Waals surface area contributed by atoms with Crippen molar-refractivity contribution in [3.63, 3.8) is 0 Å². The molecule has 1 fully saturated rings. The van der Waals surface area contributed by atoms with Crippen LogP contribution in [-0.2, 0) is 16.6 Å². The van der Waals surface area contributed by atoms with E-state index < -0.39 is 10.0 Å². The van der Waals surface area contributed by atoms with Crippen molar-refractivity contribution in [1.82, 2.24) is 9.21 Å². The number of halogens is 1. The van der Waals surface area contributed by atoms with Crippen molar-refractivity contribution in [2.45, 2.75) is 11.4 Å². The third kappa shape index (κ3) is 4.42. The van der Waals surface area contributed by atoms with E-state index in [4.69, 9.17) is 21.6 Å². The molecule has 0 atom stereocenters. The van der Waals surface area contributed by atoms with Crippen LogP contribution in [0, 0.1) is 11.3 Å². The Balaban J connectivity index is 1.66. The molecule has 0 aliphatic carbocycles. The number of nitrogens with zero attached hydrogens (tertiary/aromatic N) is 3. The summed E-state index contributed by atoms with van der Waals surface area (Å²) in [7, 11) is -1.93. The van der Waals surface area contributed by atoms with Crippen LogP contribution in [0.4, 0.5) is 0 Å². The molecular weight excluding hydrogens is 386 g/mol. The summed E-state index contributed by atoms with van der Waals surface area (Å²) in [6.45, 7) is 2.70. The van der Waals surface area contributed by atoms with Gasteiger partial charge in [0.2, 0.25) is 10.0 Å². The highest BCUT2D eigenvalue weighted by atomic mass is 35.5. The lowest BCUT2D eigenvalue weighted by molar-refractivity contribution is 0.180. The third-order valence-corrected chi connectivity index (χ3v) is 6.74. The van der Waals surface area contributed by atoms with E-state index in [-0.39, 0.29) is 4.90 Å². The summed E-state index contributed by atoms with van der Waals surface area (Å²) in [5.41, 5.74) is 1.42. The van der Waals surface area contributed by atoms with Crippen molar-refractivity contribution in [2.75, 3.05) is 33.3 Å². The molecule has 8 heteroatoms. The number of ether oxygens (including phenoxy) is 1. The predicted molar refractivity (Wildman–Crippen MR) is 103 cm³/mol. The third-order valence-electron chi connectivity index (χ3n) is 4.59. The van der Waals surface area contributed by atoms with Gasteiger partial charge >= 0.3 is 0 Å². The first kappa shape index (κ1) is 19.6. The highest BCUT2D eigenvalue weighted by Gasteiger charge is 2.28. The maximum atomic E-state index is 12.8. The maximum Gasteiger partial charge on any atom is 0.243 e. The van der Waals surface area contributed by atoms with Gasteiger partial charge in [0.15, 0.2) is 0 Å². The number of hydrogen-bond donors (Lipinski definition) is 0. The Morgan fingerprint density at radius 2 is 1.78 bits per heavy atom. The average molecular weight is 406 g/mol. The largest absolute Gasteiger partial charge is 0.496 e. The average Bonchev–Trinajstić information content (AvgIpc) is 2.68. The smallest absolute Gasteiger partial charge is 0.243 e. The van der Waals surface area contributed by atoms with E-state index in [1.165, 1.54) is 28.6 Å². The van der Waals surface area contributed by atoms with Crippen molar-refractivity contribution in [1.29, 1.82) is 5.26 Å². The molecule has 6 nitrogen and oxygen atoms in total. The van der Waals surface area contributed by atoms with Crippen LogP contribution in [0.15, 0.2) is 47.4 Å². The Labute approximate surface area is 164 Å². The predicted octanol–water partition coefficient (Wildman–Crippen LogP) is 2.73. The van der Waals surface area contributed by atoms with Gasteiger partial charge in [-0.1, -0.05) is 11.6 Å². The number of piperazine rings is 1. The summed E-state index contributed by atoms with van der Waals surface area (Å²) >= 11 is 6.08. The van der Waals surface area contributed by atoms with E-state index in [2.05, 4.69) is 4.90 Å². The lowest BCUT2D eigenvalue weighted by atomic mass is 10.1. The van der Waals surface area contributed by atoms with E-state index >= 15 is 0 Å². The minimum atomic E-state index is -3.55. The van der Waals surface area contributed by atoms with Crippen molar-refractivity contribution in [2.24, 2.45) is 0 Å². The molecule has 1 aliphatic heterocycles. The summed E-state index contributed by atoms with van der Waals surface area (Å²) in [4.78, 5) is 2.39. The van der Waals surface area contributed by atoms with Crippen LogP contribution in [0.5, 0.6) is 5.75 Å². The molecule has 0 radical (unpaired) electrons. The normalized spacial score (nSPS) is 16.0. The van der Waals surface area contributed by atoms with Gasteiger partial charge in [-0.3, -0.25) is 4.90 Å². The number of sulfonamides is 1. The molecule has 0 amide bonds. The molecule has 1 saturated heterocycles. The highest BCUT2D eigenvalue weighted by molar-refractivity contribution is 7.89.